The molecule has 1 aliphatic heterocycles. The molecule has 0 N–H and O–H groups in total. The van der Waals surface area contributed by atoms with E-state index in [4.69, 9.17) is 11.6 Å². The molecule has 0 amide bonds. The van der Waals surface area contributed by atoms with Crippen LogP contribution in [0.25, 0.3) is 11.3 Å². The molecule has 0 unspecified atom stereocenters. The Morgan fingerprint density at radius 1 is 1.06 bits per heavy atom. The summed E-state index contributed by atoms with van der Waals surface area (Å²) in [5.74, 6) is 0. The molecule has 0 spiro atoms. The van der Waals surface area contributed by atoms with Gasteiger partial charge in [0.15, 0.2) is 0 Å². The summed E-state index contributed by atoms with van der Waals surface area (Å²) in [5.41, 5.74) is 0.958. The van der Waals surface area contributed by atoms with Gasteiger partial charge in [-0.05, 0) is 36.6 Å². The van der Waals surface area contributed by atoms with Crippen molar-refractivity contribution in [2.24, 2.45) is 0 Å². The topological polar surface area (TPSA) is 49.0 Å². The van der Waals surface area contributed by atoms with E-state index in [1.807, 2.05) is 11.0 Å². The van der Waals surface area contributed by atoms with Crippen LogP contribution in [-0.2, 0) is 12.7 Å². The van der Waals surface area contributed by atoms with Gasteiger partial charge in [-0.15, -0.1) is 0 Å². The van der Waals surface area contributed by atoms with E-state index in [0.717, 1.165) is 37.6 Å². The molecule has 32 heavy (non-hydrogen) atoms. The molecular weight excluding hydrogens is 439 g/mol. The van der Waals surface area contributed by atoms with E-state index >= 15 is 0 Å². The number of halogens is 4. The molecule has 0 atom stereocenters. The molecule has 1 fully saturated rings. The second kappa shape index (κ2) is 8.71. The van der Waals surface area contributed by atoms with E-state index in [1.54, 1.807) is 29.0 Å². The van der Waals surface area contributed by atoms with Crippen LogP contribution in [0.3, 0.4) is 0 Å². The Kier molecular flexibility index (Phi) is 5.98. The van der Waals surface area contributed by atoms with Gasteiger partial charge in [0.05, 0.1) is 27.9 Å². The van der Waals surface area contributed by atoms with Crippen molar-refractivity contribution < 1.29 is 13.2 Å². The highest BCUT2D eigenvalue weighted by Gasteiger charge is 2.34. The van der Waals surface area contributed by atoms with Gasteiger partial charge in [-0.3, -0.25) is 4.79 Å². The summed E-state index contributed by atoms with van der Waals surface area (Å²) in [4.78, 5) is 14.9. The summed E-state index contributed by atoms with van der Waals surface area (Å²) in [6.45, 7) is 1.77. The summed E-state index contributed by atoms with van der Waals surface area (Å²) in [6, 6.07) is 14.1. The maximum atomic E-state index is 13.4. The fraction of sp³-hybridized carbons (Fsp3) is 0.250. The van der Waals surface area contributed by atoms with Crippen LogP contribution in [-0.4, -0.2) is 17.7 Å². The quantitative estimate of drug-likeness (QED) is 0.504. The van der Waals surface area contributed by atoms with Gasteiger partial charge in [-0.25, -0.2) is 0 Å². The van der Waals surface area contributed by atoms with Crippen molar-refractivity contribution in [3.8, 4) is 17.3 Å². The Bertz CT molecular complexity index is 1250. The fourth-order valence-electron chi connectivity index (χ4n) is 4.01. The normalized spacial score (nSPS) is 13.9. The minimum absolute atomic E-state index is 0.128. The number of anilines is 1. The Labute approximate surface area is 188 Å². The van der Waals surface area contributed by atoms with Crippen molar-refractivity contribution in [2.45, 2.75) is 25.6 Å². The molecule has 0 bridgehead atoms. The average molecular weight is 458 g/mol. The molecule has 2 aromatic carbocycles. The van der Waals surface area contributed by atoms with E-state index in [-0.39, 0.29) is 23.2 Å². The Hall–Kier alpha value is -3.24. The van der Waals surface area contributed by atoms with Crippen LogP contribution in [0.15, 0.2) is 59.5 Å². The molecule has 1 aromatic heterocycles. The van der Waals surface area contributed by atoms with Gasteiger partial charge in [0.1, 0.15) is 5.69 Å². The number of alkyl halides is 3. The monoisotopic (exact) mass is 457 g/mol. The lowest BCUT2D eigenvalue weighted by molar-refractivity contribution is -0.137. The minimum atomic E-state index is -4.62. The van der Waals surface area contributed by atoms with Crippen molar-refractivity contribution in [1.29, 1.82) is 5.26 Å². The first kappa shape index (κ1) is 22.0. The molecule has 0 aliphatic carbocycles. The summed E-state index contributed by atoms with van der Waals surface area (Å²) in [6.07, 6.45) is -0.983. The highest BCUT2D eigenvalue weighted by molar-refractivity contribution is 6.34. The van der Waals surface area contributed by atoms with Crippen molar-refractivity contribution >= 4 is 17.3 Å². The zero-order valence-electron chi connectivity index (χ0n) is 17.0. The third kappa shape index (κ3) is 4.37. The molecule has 3 aromatic rings. The summed E-state index contributed by atoms with van der Waals surface area (Å²) in [5, 5.41) is 8.75. The lowest BCUT2D eigenvalue weighted by Gasteiger charge is -2.22. The lowest BCUT2D eigenvalue weighted by Crippen LogP contribution is -2.26. The Morgan fingerprint density at radius 3 is 2.47 bits per heavy atom. The molecule has 0 saturated carbocycles. The smallest absolute Gasteiger partial charge is 0.367 e. The maximum absolute atomic E-state index is 13.4. The van der Waals surface area contributed by atoms with Gasteiger partial charge in [-0.1, -0.05) is 35.9 Å². The zero-order chi connectivity index (χ0) is 22.9. The van der Waals surface area contributed by atoms with Crippen molar-refractivity contribution in [2.75, 3.05) is 18.0 Å². The first-order valence-corrected chi connectivity index (χ1v) is 10.5. The van der Waals surface area contributed by atoms with E-state index < -0.39 is 16.8 Å². The summed E-state index contributed by atoms with van der Waals surface area (Å²) in [7, 11) is 0. The number of benzene rings is 2. The number of hydrogen-bond acceptors (Lipinski definition) is 3. The van der Waals surface area contributed by atoms with Gasteiger partial charge in [0.2, 0.25) is 5.43 Å². The molecule has 2 heterocycles. The van der Waals surface area contributed by atoms with Crippen LogP contribution >= 0.6 is 11.6 Å². The van der Waals surface area contributed by atoms with Gasteiger partial charge in [0.25, 0.3) is 0 Å². The van der Waals surface area contributed by atoms with Crippen LogP contribution in [0.5, 0.6) is 0 Å². The second-order valence-corrected chi connectivity index (χ2v) is 8.09. The third-order valence-electron chi connectivity index (χ3n) is 5.54. The van der Waals surface area contributed by atoms with E-state index in [0.29, 0.717) is 11.3 Å². The van der Waals surface area contributed by atoms with Gasteiger partial charge in [-0.2, -0.15) is 18.4 Å². The third-order valence-corrected chi connectivity index (χ3v) is 5.95. The SMILES string of the molecule is N#Cc1cccc(Cn2cc(N3CCCC3)c(=O)cc2-c2cccc(C(F)(F)F)c2Cl)c1. The molecular formula is C24H19ClF3N3O. The molecule has 0 radical (unpaired) electrons. The van der Waals surface area contributed by atoms with E-state index in [9.17, 15) is 23.2 Å². The Morgan fingerprint density at radius 2 is 1.78 bits per heavy atom. The summed E-state index contributed by atoms with van der Waals surface area (Å²) >= 11 is 6.18. The molecule has 8 heteroatoms. The standard InChI is InChI=1S/C24H19ClF3N3O/c25-23-18(7-4-8-19(23)24(26,27)28)20-12-22(32)21(30-9-1-2-10-30)15-31(20)14-17-6-3-5-16(11-17)13-29/h3-8,11-12,15H,1-2,9-10,14H2. The maximum Gasteiger partial charge on any atom is 0.417 e. The predicted octanol–water partition coefficient (Wildman–Crippen LogP) is 5.71. The first-order valence-electron chi connectivity index (χ1n) is 10.1. The fourth-order valence-corrected chi connectivity index (χ4v) is 4.34. The second-order valence-electron chi connectivity index (χ2n) is 7.71. The van der Waals surface area contributed by atoms with Crippen molar-refractivity contribution in [1.82, 2.24) is 4.57 Å². The number of aromatic nitrogens is 1. The predicted molar refractivity (Wildman–Crippen MR) is 118 cm³/mol. The Balaban J connectivity index is 1.89. The van der Waals surface area contributed by atoms with Crippen LogP contribution < -0.4 is 10.3 Å². The highest BCUT2D eigenvalue weighted by Crippen LogP contribution is 2.40. The summed E-state index contributed by atoms with van der Waals surface area (Å²) < 4.78 is 42.0. The van der Waals surface area contributed by atoms with E-state index in [1.165, 1.54) is 18.2 Å². The van der Waals surface area contributed by atoms with Crippen LogP contribution in [0.4, 0.5) is 18.9 Å². The highest BCUT2D eigenvalue weighted by atomic mass is 35.5. The number of hydrogen-bond donors (Lipinski definition) is 0. The molecule has 1 saturated heterocycles. The number of rotatable bonds is 4. The van der Waals surface area contributed by atoms with Crippen molar-refractivity contribution in [3.05, 3.63) is 86.7 Å². The lowest BCUT2D eigenvalue weighted by atomic mass is 10.0. The van der Waals surface area contributed by atoms with Crippen LogP contribution in [0.2, 0.25) is 5.02 Å². The largest absolute Gasteiger partial charge is 0.417 e. The molecule has 4 nitrogen and oxygen atoms in total. The number of nitriles is 1. The van der Waals surface area contributed by atoms with E-state index in [2.05, 4.69) is 6.07 Å². The van der Waals surface area contributed by atoms with Crippen LogP contribution in [0, 0.1) is 11.3 Å². The van der Waals surface area contributed by atoms with Gasteiger partial charge in [0, 0.05) is 37.5 Å². The molecule has 164 valence electrons. The first-order chi connectivity index (χ1) is 15.3. The minimum Gasteiger partial charge on any atom is -0.367 e. The average Bonchev–Trinajstić information content (AvgIpc) is 3.29. The van der Waals surface area contributed by atoms with Crippen molar-refractivity contribution in [3.63, 3.8) is 0 Å². The molecule has 4 rings (SSSR count). The van der Waals surface area contributed by atoms with Gasteiger partial charge >= 0.3 is 6.18 Å². The molecule has 1 aliphatic rings. The zero-order valence-corrected chi connectivity index (χ0v) is 17.7. The van der Waals surface area contributed by atoms with Crippen LogP contribution in [0.1, 0.15) is 29.5 Å². The number of nitrogens with zero attached hydrogens (tertiary/aromatic N) is 3. The number of pyridine rings is 1. The van der Waals surface area contributed by atoms with Gasteiger partial charge < -0.3 is 9.47 Å².